The molecule has 2 aromatic carbocycles. The Bertz CT molecular complexity index is 727. The number of rotatable bonds is 4. The lowest BCUT2D eigenvalue weighted by atomic mass is 9.83. The van der Waals surface area contributed by atoms with Gasteiger partial charge in [-0.25, -0.2) is 4.39 Å². The fraction of sp³-hybridized carbons (Fsp3) is 0.188. The maximum absolute atomic E-state index is 16.3. The highest BCUT2D eigenvalue weighted by molar-refractivity contribution is 6.30. The topological polar surface area (TPSA) is 43.6 Å². The molecule has 0 radical (unpaired) electrons. The summed E-state index contributed by atoms with van der Waals surface area (Å²) in [6, 6.07) is 12.5. The minimum atomic E-state index is -1.87. The van der Waals surface area contributed by atoms with E-state index in [0.717, 1.165) is 0 Å². The molecule has 4 nitrogen and oxygen atoms in total. The van der Waals surface area contributed by atoms with E-state index in [2.05, 4.69) is 15.4 Å². The molecule has 1 heterocycles. The van der Waals surface area contributed by atoms with Gasteiger partial charge in [0.15, 0.2) is 12.0 Å². The van der Waals surface area contributed by atoms with Gasteiger partial charge in [0, 0.05) is 10.0 Å². The predicted molar refractivity (Wildman–Crippen MR) is 87.3 cm³/mol. The Labute approximate surface area is 142 Å². The van der Waals surface area contributed by atoms with Crippen LogP contribution in [0.3, 0.4) is 0 Å². The van der Waals surface area contributed by atoms with Crippen LogP contribution in [0.15, 0.2) is 54.9 Å². The Morgan fingerprint density at radius 2 is 1.43 bits per heavy atom. The zero-order valence-electron chi connectivity index (χ0n) is 12.2. The van der Waals surface area contributed by atoms with E-state index in [0.29, 0.717) is 21.2 Å². The number of tetrazole rings is 1. The quantitative estimate of drug-likeness (QED) is 0.697. The average Bonchev–Trinajstić information content (AvgIpc) is 3.09. The van der Waals surface area contributed by atoms with E-state index in [1.54, 1.807) is 55.5 Å². The van der Waals surface area contributed by atoms with Gasteiger partial charge in [0.1, 0.15) is 6.04 Å². The molecule has 1 atom stereocenters. The molecule has 0 fully saturated rings. The van der Waals surface area contributed by atoms with Crippen LogP contribution in [0.25, 0.3) is 0 Å². The molecule has 1 unspecified atom stereocenters. The molecule has 1 aromatic heterocycles. The van der Waals surface area contributed by atoms with Gasteiger partial charge in [0.2, 0.25) is 0 Å². The van der Waals surface area contributed by atoms with Crippen LogP contribution in [0.4, 0.5) is 4.39 Å². The lowest BCUT2D eigenvalue weighted by Crippen LogP contribution is -2.33. The van der Waals surface area contributed by atoms with Crippen molar-refractivity contribution in [3.05, 3.63) is 76.0 Å². The van der Waals surface area contributed by atoms with Crippen LogP contribution in [0, 0.1) is 0 Å². The monoisotopic (exact) mass is 350 g/mol. The largest absolute Gasteiger partial charge is 0.231 e. The van der Waals surface area contributed by atoms with E-state index >= 15 is 4.39 Å². The molecule has 0 aliphatic carbocycles. The summed E-state index contributed by atoms with van der Waals surface area (Å²) in [6.45, 7) is 1.70. The highest BCUT2D eigenvalue weighted by Gasteiger charge is 2.42. The van der Waals surface area contributed by atoms with Crippen molar-refractivity contribution in [3.63, 3.8) is 0 Å². The van der Waals surface area contributed by atoms with E-state index in [-0.39, 0.29) is 0 Å². The lowest BCUT2D eigenvalue weighted by Gasteiger charge is -2.31. The molecule has 0 bridgehead atoms. The number of aromatic nitrogens is 4. The van der Waals surface area contributed by atoms with Crippen LogP contribution < -0.4 is 0 Å². The zero-order chi connectivity index (χ0) is 16.4. The number of alkyl halides is 1. The Hall–Kier alpha value is -1.98. The molecule has 0 aliphatic rings. The molecule has 0 saturated heterocycles. The molecule has 23 heavy (non-hydrogen) atoms. The number of hydrogen-bond acceptors (Lipinski definition) is 3. The summed E-state index contributed by atoms with van der Waals surface area (Å²) in [4.78, 5) is 1.25. The van der Waals surface area contributed by atoms with Crippen LogP contribution in [-0.4, -0.2) is 20.2 Å². The molecule has 0 N–H and O–H groups in total. The van der Waals surface area contributed by atoms with E-state index < -0.39 is 11.7 Å². The van der Waals surface area contributed by atoms with Gasteiger partial charge in [-0.05, 0) is 47.5 Å². The standard InChI is InChI=1S/C16H13Cl2FN4/c1-11(23-21-10-20-22-23)16(19,12-2-6-14(17)7-3-12)13-4-8-15(18)9-5-13/h2-11H,1H3. The van der Waals surface area contributed by atoms with E-state index in [1.165, 1.54) is 11.1 Å². The molecule has 0 spiro atoms. The molecule has 3 rings (SSSR count). The Balaban J connectivity index is 2.16. The van der Waals surface area contributed by atoms with Crippen molar-refractivity contribution < 1.29 is 4.39 Å². The van der Waals surface area contributed by atoms with E-state index in [1.807, 2.05) is 0 Å². The lowest BCUT2D eigenvalue weighted by molar-refractivity contribution is 0.122. The molecule has 0 saturated carbocycles. The minimum Gasteiger partial charge on any atom is -0.231 e. The van der Waals surface area contributed by atoms with Crippen LogP contribution in [-0.2, 0) is 5.67 Å². The van der Waals surface area contributed by atoms with Gasteiger partial charge in [0.05, 0.1) is 0 Å². The summed E-state index contributed by atoms with van der Waals surface area (Å²) in [5, 5.41) is 12.5. The number of hydrogen-bond donors (Lipinski definition) is 0. The van der Waals surface area contributed by atoms with Crippen LogP contribution in [0.5, 0.6) is 0 Å². The van der Waals surface area contributed by atoms with Crippen molar-refractivity contribution >= 4 is 23.2 Å². The second-order valence-electron chi connectivity index (χ2n) is 5.16. The molecule has 7 heteroatoms. The molecular weight excluding hydrogens is 338 g/mol. The van der Waals surface area contributed by atoms with Crippen LogP contribution in [0.2, 0.25) is 10.0 Å². The van der Waals surface area contributed by atoms with Crippen LogP contribution >= 0.6 is 23.2 Å². The Morgan fingerprint density at radius 3 is 1.83 bits per heavy atom. The first-order chi connectivity index (χ1) is 11.0. The van der Waals surface area contributed by atoms with E-state index in [9.17, 15) is 0 Å². The molecule has 0 aliphatic heterocycles. The van der Waals surface area contributed by atoms with Gasteiger partial charge in [-0.3, -0.25) is 0 Å². The second kappa shape index (κ2) is 6.26. The fourth-order valence-corrected chi connectivity index (χ4v) is 2.80. The first kappa shape index (κ1) is 15.9. The van der Waals surface area contributed by atoms with Crippen molar-refractivity contribution in [3.8, 4) is 0 Å². The van der Waals surface area contributed by atoms with E-state index in [4.69, 9.17) is 23.2 Å². The van der Waals surface area contributed by atoms with Crippen LogP contribution in [0.1, 0.15) is 24.1 Å². The Morgan fingerprint density at radius 1 is 0.957 bits per heavy atom. The maximum atomic E-state index is 16.3. The first-order valence-electron chi connectivity index (χ1n) is 6.95. The SMILES string of the molecule is CC(n1ncnn1)C(F)(c1ccc(Cl)cc1)c1ccc(Cl)cc1. The third-order valence-corrected chi connectivity index (χ3v) is 4.32. The van der Waals surface area contributed by atoms with Crippen molar-refractivity contribution in [1.29, 1.82) is 0 Å². The smallest absolute Gasteiger partial charge is 0.184 e. The van der Waals surface area contributed by atoms with Gasteiger partial charge < -0.3 is 0 Å². The van der Waals surface area contributed by atoms with Gasteiger partial charge in [-0.2, -0.15) is 4.80 Å². The maximum Gasteiger partial charge on any atom is 0.184 e. The van der Waals surface area contributed by atoms with Crippen molar-refractivity contribution in [2.24, 2.45) is 0 Å². The second-order valence-corrected chi connectivity index (χ2v) is 6.03. The summed E-state index contributed by atoms with van der Waals surface area (Å²) in [7, 11) is 0. The minimum absolute atomic E-state index is 0.453. The highest BCUT2D eigenvalue weighted by Crippen LogP contribution is 2.43. The first-order valence-corrected chi connectivity index (χ1v) is 7.71. The summed E-state index contributed by atoms with van der Waals surface area (Å²) in [5.74, 6) is 0. The van der Waals surface area contributed by atoms with Gasteiger partial charge >= 0.3 is 0 Å². The fourth-order valence-electron chi connectivity index (χ4n) is 2.55. The predicted octanol–water partition coefficient (Wildman–Crippen LogP) is 4.45. The normalized spacial score (nSPS) is 13.0. The summed E-state index contributed by atoms with van der Waals surface area (Å²) in [6.07, 6.45) is 1.28. The average molecular weight is 351 g/mol. The Kier molecular flexibility index (Phi) is 4.33. The number of halogens is 3. The molecule has 0 amide bonds. The highest BCUT2D eigenvalue weighted by atomic mass is 35.5. The third kappa shape index (κ3) is 2.94. The third-order valence-electron chi connectivity index (χ3n) is 3.82. The molecule has 3 aromatic rings. The summed E-state index contributed by atoms with van der Waals surface area (Å²) < 4.78 is 16.3. The number of nitrogens with zero attached hydrogens (tertiary/aromatic N) is 4. The number of benzene rings is 2. The van der Waals surface area contributed by atoms with Gasteiger partial charge in [-0.1, -0.05) is 47.5 Å². The van der Waals surface area contributed by atoms with Gasteiger partial charge in [0.25, 0.3) is 0 Å². The summed E-state index contributed by atoms with van der Waals surface area (Å²) in [5.41, 5.74) is -0.960. The molecule has 118 valence electrons. The van der Waals surface area contributed by atoms with Crippen molar-refractivity contribution in [1.82, 2.24) is 20.2 Å². The van der Waals surface area contributed by atoms with Crippen molar-refractivity contribution in [2.45, 2.75) is 18.6 Å². The zero-order valence-corrected chi connectivity index (χ0v) is 13.7. The van der Waals surface area contributed by atoms with Crippen molar-refractivity contribution in [2.75, 3.05) is 0 Å². The van der Waals surface area contributed by atoms with Gasteiger partial charge in [-0.15, -0.1) is 10.2 Å². The molecular formula is C16H13Cl2FN4. The summed E-state index contributed by atoms with van der Waals surface area (Å²) >= 11 is 11.9.